The van der Waals surface area contributed by atoms with E-state index in [9.17, 15) is 13.9 Å². The molecule has 0 spiro atoms. The van der Waals surface area contributed by atoms with Gasteiger partial charge in [0.15, 0.2) is 11.6 Å². The summed E-state index contributed by atoms with van der Waals surface area (Å²) in [5.74, 6) is -1.74. The highest BCUT2D eigenvalue weighted by Crippen LogP contribution is 2.28. The summed E-state index contributed by atoms with van der Waals surface area (Å²) in [6.45, 7) is 0.449. The zero-order valence-corrected chi connectivity index (χ0v) is 8.12. The number of ether oxygens (including phenoxy) is 1. The first-order valence-corrected chi connectivity index (χ1v) is 4.91. The number of benzene rings is 1. The summed E-state index contributed by atoms with van der Waals surface area (Å²) in [5, 5.41) is 9.42. The summed E-state index contributed by atoms with van der Waals surface area (Å²) in [6, 6.07) is 3.69. The van der Waals surface area contributed by atoms with Crippen LogP contribution in [0.5, 0.6) is 0 Å². The second kappa shape index (κ2) is 4.24. The Morgan fingerprint density at radius 3 is 2.73 bits per heavy atom. The molecule has 0 aliphatic carbocycles. The van der Waals surface area contributed by atoms with Crippen molar-refractivity contribution < 1.29 is 18.6 Å². The maximum Gasteiger partial charge on any atom is 0.159 e. The highest BCUT2D eigenvalue weighted by molar-refractivity contribution is 5.20. The molecule has 2 rings (SSSR count). The standard InChI is InChI=1S/C11H12F2O2/c12-9-2-1-7(5-10(9)13)11-6-8(14)3-4-15-11/h1-2,5,8,11,14H,3-4,6H2. The molecule has 0 aromatic heterocycles. The van der Waals surface area contributed by atoms with Gasteiger partial charge in [-0.25, -0.2) is 8.78 Å². The van der Waals surface area contributed by atoms with Crippen LogP contribution in [0.25, 0.3) is 0 Å². The molecule has 0 saturated carbocycles. The van der Waals surface area contributed by atoms with Crippen molar-refractivity contribution in [2.24, 2.45) is 0 Å². The molecule has 0 radical (unpaired) electrons. The normalized spacial score (nSPS) is 26.6. The minimum Gasteiger partial charge on any atom is -0.393 e. The summed E-state index contributed by atoms with van der Waals surface area (Å²) in [4.78, 5) is 0. The van der Waals surface area contributed by atoms with Crippen molar-refractivity contribution in [3.05, 3.63) is 35.4 Å². The zero-order chi connectivity index (χ0) is 10.8. The van der Waals surface area contributed by atoms with E-state index in [0.717, 1.165) is 12.1 Å². The predicted molar refractivity (Wildman–Crippen MR) is 50.3 cm³/mol. The van der Waals surface area contributed by atoms with E-state index in [-0.39, 0.29) is 6.10 Å². The Kier molecular flexibility index (Phi) is 2.98. The molecule has 0 amide bonds. The third kappa shape index (κ3) is 2.33. The van der Waals surface area contributed by atoms with Crippen LogP contribution in [0.15, 0.2) is 18.2 Å². The SMILES string of the molecule is OC1CCOC(c2ccc(F)c(F)c2)C1. The lowest BCUT2D eigenvalue weighted by molar-refractivity contribution is -0.0449. The van der Waals surface area contributed by atoms with Gasteiger partial charge in [0.1, 0.15) is 0 Å². The lowest BCUT2D eigenvalue weighted by Gasteiger charge is -2.26. The molecule has 1 aliphatic rings. The van der Waals surface area contributed by atoms with Gasteiger partial charge < -0.3 is 9.84 Å². The second-order valence-corrected chi connectivity index (χ2v) is 3.71. The van der Waals surface area contributed by atoms with Crippen molar-refractivity contribution in [1.29, 1.82) is 0 Å². The Labute approximate surface area is 86.5 Å². The summed E-state index contributed by atoms with van der Waals surface area (Å²) >= 11 is 0. The van der Waals surface area contributed by atoms with Crippen molar-refractivity contribution in [2.75, 3.05) is 6.61 Å². The minimum atomic E-state index is -0.879. The molecule has 1 saturated heterocycles. The van der Waals surface area contributed by atoms with Gasteiger partial charge in [-0.15, -0.1) is 0 Å². The number of rotatable bonds is 1. The predicted octanol–water partition coefficient (Wildman–Crippen LogP) is 2.18. The molecule has 0 bridgehead atoms. The van der Waals surface area contributed by atoms with Crippen molar-refractivity contribution in [2.45, 2.75) is 25.0 Å². The molecular formula is C11H12F2O2. The van der Waals surface area contributed by atoms with Crippen molar-refractivity contribution >= 4 is 0 Å². The molecule has 82 valence electrons. The molecule has 1 aromatic carbocycles. The second-order valence-electron chi connectivity index (χ2n) is 3.71. The Balaban J connectivity index is 2.18. The van der Waals surface area contributed by atoms with Crippen LogP contribution >= 0.6 is 0 Å². The van der Waals surface area contributed by atoms with Crippen LogP contribution in [0.1, 0.15) is 24.5 Å². The van der Waals surface area contributed by atoms with Crippen molar-refractivity contribution in [3.8, 4) is 0 Å². The van der Waals surface area contributed by atoms with Crippen LogP contribution in [0.4, 0.5) is 8.78 Å². The molecule has 2 atom stereocenters. The van der Waals surface area contributed by atoms with E-state index in [4.69, 9.17) is 4.74 Å². The molecule has 4 heteroatoms. The fraction of sp³-hybridized carbons (Fsp3) is 0.455. The largest absolute Gasteiger partial charge is 0.393 e. The van der Waals surface area contributed by atoms with Gasteiger partial charge in [0.25, 0.3) is 0 Å². The van der Waals surface area contributed by atoms with Crippen LogP contribution in [0.2, 0.25) is 0 Å². The number of hydrogen-bond donors (Lipinski definition) is 1. The van der Waals surface area contributed by atoms with Gasteiger partial charge in [-0.1, -0.05) is 6.07 Å². The van der Waals surface area contributed by atoms with Crippen LogP contribution in [0.3, 0.4) is 0 Å². The topological polar surface area (TPSA) is 29.5 Å². The van der Waals surface area contributed by atoms with E-state index in [1.54, 1.807) is 0 Å². The highest BCUT2D eigenvalue weighted by Gasteiger charge is 2.22. The van der Waals surface area contributed by atoms with E-state index in [2.05, 4.69) is 0 Å². The first-order valence-electron chi connectivity index (χ1n) is 4.91. The fourth-order valence-electron chi connectivity index (χ4n) is 1.72. The maximum atomic E-state index is 12.9. The van der Waals surface area contributed by atoms with Gasteiger partial charge in [0.2, 0.25) is 0 Å². The zero-order valence-electron chi connectivity index (χ0n) is 8.12. The average molecular weight is 214 g/mol. The van der Waals surface area contributed by atoms with E-state index in [1.165, 1.54) is 6.07 Å². The summed E-state index contributed by atoms with van der Waals surface area (Å²) in [5.41, 5.74) is 0.577. The molecule has 1 N–H and O–H groups in total. The van der Waals surface area contributed by atoms with Gasteiger partial charge in [-0.3, -0.25) is 0 Å². The third-order valence-electron chi connectivity index (χ3n) is 2.57. The fourth-order valence-corrected chi connectivity index (χ4v) is 1.72. The third-order valence-corrected chi connectivity index (χ3v) is 2.57. The molecule has 1 aromatic rings. The van der Waals surface area contributed by atoms with Crippen LogP contribution in [0, 0.1) is 11.6 Å². The molecule has 15 heavy (non-hydrogen) atoms. The number of hydrogen-bond acceptors (Lipinski definition) is 2. The minimum absolute atomic E-state index is 0.330. The van der Waals surface area contributed by atoms with Gasteiger partial charge >= 0.3 is 0 Å². The average Bonchev–Trinajstić information content (AvgIpc) is 2.22. The lowest BCUT2D eigenvalue weighted by Crippen LogP contribution is -2.23. The van der Waals surface area contributed by atoms with Crippen molar-refractivity contribution in [1.82, 2.24) is 0 Å². The summed E-state index contributed by atoms with van der Waals surface area (Å²) in [6.07, 6.45) is 0.284. The van der Waals surface area contributed by atoms with E-state index < -0.39 is 17.7 Å². The Morgan fingerprint density at radius 2 is 2.07 bits per heavy atom. The van der Waals surface area contributed by atoms with Gasteiger partial charge in [0, 0.05) is 13.0 Å². The van der Waals surface area contributed by atoms with E-state index in [1.807, 2.05) is 0 Å². The van der Waals surface area contributed by atoms with E-state index >= 15 is 0 Å². The first kappa shape index (κ1) is 10.5. The first-order chi connectivity index (χ1) is 7.16. The number of aliphatic hydroxyl groups is 1. The highest BCUT2D eigenvalue weighted by atomic mass is 19.2. The molecule has 1 fully saturated rings. The maximum absolute atomic E-state index is 12.9. The van der Waals surface area contributed by atoms with Crippen LogP contribution < -0.4 is 0 Å². The quantitative estimate of drug-likeness (QED) is 0.776. The number of aliphatic hydroxyl groups excluding tert-OH is 1. The summed E-state index contributed by atoms with van der Waals surface area (Å²) < 4.78 is 31.0. The molecule has 2 unspecified atom stereocenters. The molecule has 1 aliphatic heterocycles. The number of halogens is 2. The summed E-state index contributed by atoms with van der Waals surface area (Å²) in [7, 11) is 0. The molecule has 1 heterocycles. The van der Waals surface area contributed by atoms with Crippen LogP contribution in [-0.2, 0) is 4.74 Å². The molecule has 2 nitrogen and oxygen atoms in total. The lowest BCUT2D eigenvalue weighted by atomic mass is 9.99. The van der Waals surface area contributed by atoms with Gasteiger partial charge in [0.05, 0.1) is 12.2 Å². The van der Waals surface area contributed by atoms with E-state index in [0.29, 0.717) is 25.0 Å². The Bertz CT molecular complexity index is 354. The smallest absolute Gasteiger partial charge is 0.159 e. The van der Waals surface area contributed by atoms with Gasteiger partial charge in [-0.05, 0) is 24.1 Å². The monoisotopic (exact) mass is 214 g/mol. The van der Waals surface area contributed by atoms with Gasteiger partial charge in [-0.2, -0.15) is 0 Å². The van der Waals surface area contributed by atoms with Crippen molar-refractivity contribution in [3.63, 3.8) is 0 Å². The Morgan fingerprint density at radius 1 is 1.27 bits per heavy atom. The van der Waals surface area contributed by atoms with Crippen LogP contribution in [-0.4, -0.2) is 17.8 Å². The molecular weight excluding hydrogens is 202 g/mol. The Hall–Kier alpha value is -1.00.